The van der Waals surface area contributed by atoms with Crippen molar-refractivity contribution in [2.75, 3.05) is 13.6 Å². The standard InChI is InChI=1S/C15H18BrN3/c1-17-10-15(6-3-7-15)14-18-9-13(19-14)11-4-2-5-12(16)8-11/h2,4-5,8-9,17H,3,6-7,10H2,1H3,(H,18,19). The zero-order chi connectivity index (χ0) is 13.3. The third kappa shape index (κ3) is 2.35. The third-order valence-electron chi connectivity index (χ3n) is 4.04. The van der Waals surface area contributed by atoms with Crippen LogP contribution in [0, 0.1) is 0 Å². The summed E-state index contributed by atoms with van der Waals surface area (Å²) in [7, 11) is 2.01. The molecule has 0 amide bonds. The second-order valence-electron chi connectivity index (χ2n) is 5.32. The van der Waals surface area contributed by atoms with Crippen molar-refractivity contribution in [2.45, 2.75) is 24.7 Å². The zero-order valence-electron chi connectivity index (χ0n) is 11.0. The van der Waals surface area contributed by atoms with Crippen LogP contribution in [-0.2, 0) is 5.41 Å². The minimum atomic E-state index is 0.221. The molecule has 1 heterocycles. The van der Waals surface area contributed by atoms with Crippen molar-refractivity contribution in [3.63, 3.8) is 0 Å². The summed E-state index contributed by atoms with van der Waals surface area (Å²) >= 11 is 3.51. The first-order valence-corrected chi connectivity index (χ1v) is 7.49. The second-order valence-corrected chi connectivity index (χ2v) is 6.24. The van der Waals surface area contributed by atoms with Crippen LogP contribution in [0.2, 0.25) is 0 Å². The Morgan fingerprint density at radius 3 is 2.89 bits per heavy atom. The molecule has 0 aliphatic heterocycles. The van der Waals surface area contributed by atoms with E-state index >= 15 is 0 Å². The predicted octanol–water partition coefficient (Wildman–Crippen LogP) is 3.48. The molecule has 0 radical (unpaired) electrons. The quantitative estimate of drug-likeness (QED) is 0.905. The molecule has 1 aromatic heterocycles. The lowest BCUT2D eigenvalue weighted by atomic mass is 9.68. The molecule has 2 aromatic rings. The Morgan fingerprint density at radius 2 is 2.26 bits per heavy atom. The van der Waals surface area contributed by atoms with Crippen molar-refractivity contribution < 1.29 is 0 Å². The normalized spacial score (nSPS) is 17.2. The lowest BCUT2D eigenvalue weighted by Gasteiger charge is -2.40. The molecule has 1 aliphatic rings. The van der Waals surface area contributed by atoms with Crippen molar-refractivity contribution in [1.82, 2.24) is 15.3 Å². The largest absolute Gasteiger partial charge is 0.342 e. The Morgan fingerprint density at radius 1 is 1.42 bits per heavy atom. The lowest BCUT2D eigenvalue weighted by molar-refractivity contribution is 0.226. The molecule has 1 fully saturated rings. The molecule has 1 aromatic carbocycles. The van der Waals surface area contributed by atoms with Crippen LogP contribution in [0.1, 0.15) is 25.1 Å². The first kappa shape index (κ1) is 12.9. The van der Waals surface area contributed by atoms with E-state index in [-0.39, 0.29) is 5.41 Å². The molecule has 0 unspecified atom stereocenters. The molecular formula is C15H18BrN3. The van der Waals surface area contributed by atoms with Gasteiger partial charge in [-0.05, 0) is 32.0 Å². The molecule has 1 aliphatic carbocycles. The number of hydrogen-bond acceptors (Lipinski definition) is 2. The number of hydrogen-bond donors (Lipinski definition) is 2. The number of rotatable bonds is 4. The molecule has 3 rings (SSSR count). The van der Waals surface area contributed by atoms with Gasteiger partial charge in [-0.25, -0.2) is 4.98 Å². The Balaban J connectivity index is 1.91. The third-order valence-corrected chi connectivity index (χ3v) is 4.53. The first-order chi connectivity index (χ1) is 9.23. The van der Waals surface area contributed by atoms with Gasteiger partial charge in [0.2, 0.25) is 0 Å². The Bertz CT molecular complexity index is 572. The van der Waals surface area contributed by atoms with Gasteiger partial charge in [-0.1, -0.05) is 34.5 Å². The van der Waals surface area contributed by atoms with Crippen LogP contribution in [0.5, 0.6) is 0 Å². The van der Waals surface area contributed by atoms with E-state index in [9.17, 15) is 0 Å². The maximum atomic E-state index is 4.62. The summed E-state index contributed by atoms with van der Waals surface area (Å²) in [4.78, 5) is 8.14. The Labute approximate surface area is 122 Å². The number of aromatic nitrogens is 2. The maximum Gasteiger partial charge on any atom is 0.114 e. The van der Waals surface area contributed by atoms with Crippen LogP contribution in [-0.4, -0.2) is 23.6 Å². The first-order valence-electron chi connectivity index (χ1n) is 6.70. The fourth-order valence-electron chi connectivity index (χ4n) is 2.83. The van der Waals surface area contributed by atoms with Crippen molar-refractivity contribution >= 4 is 15.9 Å². The molecule has 4 heteroatoms. The van der Waals surface area contributed by atoms with Gasteiger partial charge < -0.3 is 10.3 Å². The van der Waals surface area contributed by atoms with Gasteiger partial charge in [-0.2, -0.15) is 0 Å². The highest BCUT2D eigenvalue weighted by molar-refractivity contribution is 9.10. The van der Waals surface area contributed by atoms with Crippen molar-refractivity contribution in [3.05, 3.63) is 40.8 Å². The summed E-state index contributed by atoms with van der Waals surface area (Å²) in [5, 5.41) is 3.30. The summed E-state index contributed by atoms with van der Waals surface area (Å²) in [5.74, 6) is 1.13. The topological polar surface area (TPSA) is 40.7 Å². The summed E-state index contributed by atoms with van der Waals surface area (Å²) in [6, 6.07) is 8.30. The van der Waals surface area contributed by atoms with E-state index in [0.29, 0.717) is 0 Å². The average Bonchev–Trinajstić information content (AvgIpc) is 2.83. The minimum Gasteiger partial charge on any atom is -0.342 e. The highest BCUT2D eigenvalue weighted by atomic mass is 79.9. The summed E-state index contributed by atoms with van der Waals surface area (Å²) in [5.41, 5.74) is 2.49. The number of H-pyrrole nitrogens is 1. The Kier molecular flexibility index (Phi) is 3.46. The number of likely N-dealkylation sites (N-methyl/N-ethyl adjacent to an activating group) is 1. The van der Waals surface area contributed by atoms with E-state index in [1.54, 1.807) is 0 Å². The number of halogens is 1. The summed E-state index contributed by atoms with van der Waals surface area (Å²) in [6.45, 7) is 0.998. The van der Waals surface area contributed by atoms with E-state index in [1.165, 1.54) is 24.8 Å². The maximum absolute atomic E-state index is 4.62. The average molecular weight is 320 g/mol. The fourth-order valence-corrected chi connectivity index (χ4v) is 3.23. The fraction of sp³-hybridized carbons (Fsp3) is 0.400. The van der Waals surface area contributed by atoms with Gasteiger partial charge >= 0.3 is 0 Å². The predicted molar refractivity (Wildman–Crippen MR) is 81.2 cm³/mol. The molecule has 0 bridgehead atoms. The highest BCUT2D eigenvalue weighted by Gasteiger charge is 2.40. The highest BCUT2D eigenvalue weighted by Crippen LogP contribution is 2.42. The lowest BCUT2D eigenvalue weighted by Crippen LogP contribution is -2.43. The second kappa shape index (κ2) is 5.10. The van der Waals surface area contributed by atoms with Gasteiger partial charge in [0.15, 0.2) is 0 Å². The molecule has 100 valence electrons. The minimum absolute atomic E-state index is 0.221. The molecule has 3 nitrogen and oxygen atoms in total. The van der Waals surface area contributed by atoms with Crippen LogP contribution in [0.15, 0.2) is 34.9 Å². The Hall–Kier alpha value is -1.13. The van der Waals surface area contributed by atoms with E-state index in [4.69, 9.17) is 0 Å². The number of benzene rings is 1. The smallest absolute Gasteiger partial charge is 0.114 e. The van der Waals surface area contributed by atoms with E-state index < -0.39 is 0 Å². The van der Waals surface area contributed by atoms with Crippen LogP contribution in [0.3, 0.4) is 0 Å². The van der Waals surface area contributed by atoms with Crippen LogP contribution < -0.4 is 5.32 Å². The zero-order valence-corrected chi connectivity index (χ0v) is 12.6. The number of imidazole rings is 1. The van der Waals surface area contributed by atoms with Crippen molar-refractivity contribution in [1.29, 1.82) is 0 Å². The van der Waals surface area contributed by atoms with E-state index in [0.717, 1.165) is 22.5 Å². The van der Waals surface area contributed by atoms with Gasteiger partial charge in [0.1, 0.15) is 5.82 Å². The van der Waals surface area contributed by atoms with Crippen molar-refractivity contribution in [2.24, 2.45) is 0 Å². The van der Waals surface area contributed by atoms with Gasteiger partial charge in [0, 0.05) is 22.0 Å². The molecule has 2 N–H and O–H groups in total. The number of nitrogens with one attached hydrogen (secondary N) is 2. The van der Waals surface area contributed by atoms with Crippen molar-refractivity contribution in [3.8, 4) is 11.3 Å². The SMILES string of the molecule is CNCC1(c2ncc(-c3cccc(Br)c3)[nH]2)CCC1. The molecule has 0 spiro atoms. The van der Waals surface area contributed by atoms with Gasteiger partial charge in [0.25, 0.3) is 0 Å². The van der Waals surface area contributed by atoms with Crippen LogP contribution in [0.25, 0.3) is 11.3 Å². The molecular weight excluding hydrogens is 302 g/mol. The van der Waals surface area contributed by atoms with Gasteiger partial charge in [0.05, 0.1) is 11.9 Å². The summed E-state index contributed by atoms with van der Waals surface area (Å²) in [6.07, 6.45) is 5.69. The summed E-state index contributed by atoms with van der Waals surface area (Å²) < 4.78 is 1.09. The molecule has 19 heavy (non-hydrogen) atoms. The van der Waals surface area contributed by atoms with Crippen LogP contribution >= 0.6 is 15.9 Å². The van der Waals surface area contributed by atoms with E-state index in [1.807, 2.05) is 25.4 Å². The van der Waals surface area contributed by atoms with Gasteiger partial charge in [-0.3, -0.25) is 0 Å². The number of nitrogens with zero attached hydrogens (tertiary/aromatic N) is 1. The monoisotopic (exact) mass is 319 g/mol. The van der Waals surface area contributed by atoms with Gasteiger partial charge in [-0.15, -0.1) is 0 Å². The molecule has 1 saturated carbocycles. The van der Waals surface area contributed by atoms with Crippen LogP contribution in [0.4, 0.5) is 0 Å². The molecule has 0 atom stereocenters. The molecule has 0 saturated heterocycles. The van der Waals surface area contributed by atoms with E-state index in [2.05, 4.69) is 43.3 Å². The number of aromatic amines is 1.